The van der Waals surface area contributed by atoms with E-state index in [4.69, 9.17) is 25.1 Å². The number of anilines is 1. The Hall–Kier alpha value is -4.88. The minimum atomic E-state index is -4.80. The fourth-order valence-electron chi connectivity index (χ4n) is 5.64. The highest BCUT2D eigenvalue weighted by Crippen LogP contribution is 2.48. The monoisotopic (exact) mass is 694 g/mol. The van der Waals surface area contributed by atoms with Gasteiger partial charge in [0.1, 0.15) is 24.6 Å². The van der Waals surface area contributed by atoms with Crippen LogP contribution in [0.1, 0.15) is 71.2 Å². The highest BCUT2D eigenvalue weighted by Gasteiger charge is 2.47. The van der Waals surface area contributed by atoms with Crippen LogP contribution < -0.4 is 15.4 Å². The third-order valence-corrected chi connectivity index (χ3v) is 8.02. The molecule has 2 heterocycles. The Morgan fingerprint density at radius 2 is 1.78 bits per heavy atom. The van der Waals surface area contributed by atoms with E-state index >= 15 is 0 Å². The highest BCUT2D eigenvalue weighted by molar-refractivity contribution is 5.91. The van der Waals surface area contributed by atoms with Crippen LogP contribution in [0, 0.1) is 11.3 Å². The van der Waals surface area contributed by atoms with Crippen molar-refractivity contribution in [3.63, 3.8) is 0 Å². The number of halogens is 6. The molecular weight excluding hydrogens is 662 g/mol. The van der Waals surface area contributed by atoms with Crippen molar-refractivity contribution in [2.24, 2.45) is 5.73 Å². The summed E-state index contributed by atoms with van der Waals surface area (Å²) in [5, 5.41) is 18.4. The van der Waals surface area contributed by atoms with E-state index in [1.807, 2.05) is 0 Å². The van der Waals surface area contributed by atoms with Crippen LogP contribution in [-0.2, 0) is 33.0 Å². The molecule has 3 N–H and O–H groups in total. The molecule has 0 unspecified atom stereocenters. The lowest BCUT2D eigenvalue weighted by atomic mass is 9.77. The topological polar surface area (TPSA) is 148 Å². The number of ether oxygens (including phenoxy) is 3. The van der Waals surface area contributed by atoms with Crippen LogP contribution in [0.15, 0.2) is 48.7 Å². The van der Waals surface area contributed by atoms with E-state index in [0.717, 1.165) is 29.2 Å². The van der Waals surface area contributed by atoms with E-state index < -0.39 is 60.2 Å². The number of nitrogens with two attached hydrogens (primary N) is 1. The number of carbonyl (C=O) groups is 2. The summed E-state index contributed by atoms with van der Waals surface area (Å²) >= 11 is 0. The first-order valence-corrected chi connectivity index (χ1v) is 14.9. The second-order valence-electron chi connectivity index (χ2n) is 11.3. The Kier molecular flexibility index (Phi) is 11.1. The smallest absolute Gasteiger partial charge is 0.416 e. The zero-order valence-electron chi connectivity index (χ0n) is 26.3. The molecular formula is C33H32F6N4O6. The SMILES string of the molecule is CC[C@]1(N)C[C@H](c2ncc(OCCOC)cc2Cc2cc(C#N)cc(C(F)(F)F)c2)c2cc(C(F)(F)F)ccc2N1C(=O)OCCC(=O)O. The summed E-state index contributed by atoms with van der Waals surface area (Å²) in [6.07, 6.45) is -10.2. The molecule has 0 radical (unpaired) electrons. The molecule has 0 aliphatic carbocycles. The molecule has 10 nitrogen and oxygen atoms in total. The number of nitriles is 1. The number of benzene rings is 2. The Bertz CT molecular complexity index is 1740. The van der Waals surface area contributed by atoms with Gasteiger partial charge in [-0.2, -0.15) is 31.6 Å². The van der Waals surface area contributed by atoms with E-state index in [-0.39, 0.29) is 71.9 Å². The van der Waals surface area contributed by atoms with Crippen molar-refractivity contribution in [1.29, 1.82) is 5.26 Å². The van der Waals surface area contributed by atoms with Crippen LogP contribution in [0.2, 0.25) is 0 Å². The van der Waals surface area contributed by atoms with Gasteiger partial charge in [0.15, 0.2) is 0 Å². The molecule has 3 aromatic rings. The largest absolute Gasteiger partial charge is 0.490 e. The Balaban J connectivity index is 1.92. The fraction of sp³-hybridized carbons (Fsp3) is 0.394. The Labute approximate surface area is 277 Å². The molecule has 262 valence electrons. The second-order valence-corrected chi connectivity index (χ2v) is 11.3. The van der Waals surface area contributed by atoms with Gasteiger partial charge in [0.05, 0.1) is 53.4 Å². The standard InChI is InChI=1S/C33H32F6N4O6/c1-3-31(41)16-26(25-15-22(32(34,35)36)4-5-27(25)43(31)30(46)49-7-6-28(44)45)29-21(14-24(18-42-29)48-9-8-47-2)11-19-10-20(17-40)13-23(12-19)33(37,38)39/h4-5,10,12-15,18,26H,3,6-9,11,16,41H2,1-2H3,(H,44,45)/t26-,31+/m0/s1. The maximum atomic E-state index is 14.0. The van der Waals surface area contributed by atoms with E-state index in [2.05, 4.69) is 4.98 Å². The molecule has 0 spiro atoms. The predicted molar refractivity (Wildman–Crippen MR) is 162 cm³/mol. The minimum absolute atomic E-state index is 0.0249. The number of nitrogens with zero attached hydrogens (tertiary/aromatic N) is 3. The van der Waals surface area contributed by atoms with Gasteiger partial charge in [0, 0.05) is 13.0 Å². The number of alkyl halides is 6. The number of hydrogen-bond acceptors (Lipinski definition) is 8. The van der Waals surface area contributed by atoms with Crippen LogP contribution in [0.4, 0.5) is 36.8 Å². The van der Waals surface area contributed by atoms with Crippen molar-refractivity contribution in [3.05, 3.63) is 87.7 Å². The van der Waals surface area contributed by atoms with Crippen molar-refractivity contribution < 1.29 is 55.2 Å². The molecule has 0 fully saturated rings. The molecule has 0 saturated heterocycles. The number of carbonyl (C=O) groups excluding carboxylic acids is 1. The molecule has 1 aliphatic heterocycles. The van der Waals surface area contributed by atoms with Crippen molar-refractivity contribution in [3.8, 4) is 11.8 Å². The van der Waals surface area contributed by atoms with Crippen molar-refractivity contribution in [1.82, 2.24) is 4.98 Å². The average Bonchev–Trinajstić information content (AvgIpc) is 3.03. The number of carboxylic acid groups (broad SMARTS) is 1. The molecule has 0 saturated carbocycles. The number of amides is 1. The molecule has 16 heteroatoms. The second kappa shape index (κ2) is 14.7. The number of aliphatic carboxylic acids is 1. The first kappa shape index (κ1) is 36.9. The Morgan fingerprint density at radius 3 is 2.39 bits per heavy atom. The van der Waals surface area contributed by atoms with E-state index in [1.54, 1.807) is 13.0 Å². The summed E-state index contributed by atoms with van der Waals surface area (Å²) in [7, 11) is 1.45. The summed E-state index contributed by atoms with van der Waals surface area (Å²) in [4.78, 5) is 29.9. The van der Waals surface area contributed by atoms with Crippen LogP contribution in [0.3, 0.4) is 0 Å². The number of carboxylic acids is 1. The molecule has 1 aromatic heterocycles. The molecule has 4 rings (SSSR count). The van der Waals surface area contributed by atoms with Crippen molar-refractivity contribution in [2.45, 2.75) is 56.5 Å². The lowest BCUT2D eigenvalue weighted by Crippen LogP contribution is -2.61. The predicted octanol–water partition coefficient (Wildman–Crippen LogP) is 6.63. The third-order valence-electron chi connectivity index (χ3n) is 8.02. The molecule has 2 aromatic carbocycles. The maximum Gasteiger partial charge on any atom is 0.416 e. The van der Waals surface area contributed by atoms with Crippen molar-refractivity contribution >= 4 is 17.7 Å². The quantitative estimate of drug-likeness (QED) is 0.167. The first-order chi connectivity index (χ1) is 23.0. The first-order valence-electron chi connectivity index (χ1n) is 14.9. The molecule has 1 aliphatic rings. The Morgan fingerprint density at radius 1 is 1.06 bits per heavy atom. The van der Waals surface area contributed by atoms with Gasteiger partial charge in [-0.1, -0.05) is 6.92 Å². The van der Waals surface area contributed by atoms with Crippen LogP contribution >= 0.6 is 0 Å². The van der Waals surface area contributed by atoms with Gasteiger partial charge in [-0.3, -0.25) is 14.7 Å². The lowest BCUT2D eigenvalue weighted by Gasteiger charge is -2.47. The van der Waals surface area contributed by atoms with Crippen LogP contribution in [-0.4, -0.2) is 54.7 Å². The van der Waals surface area contributed by atoms with E-state index in [9.17, 15) is 41.2 Å². The van der Waals surface area contributed by atoms with E-state index in [0.29, 0.717) is 6.07 Å². The third kappa shape index (κ3) is 8.59. The molecule has 49 heavy (non-hydrogen) atoms. The van der Waals surface area contributed by atoms with Gasteiger partial charge >= 0.3 is 24.4 Å². The summed E-state index contributed by atoms with van der Waals surface area (Å²) < 4.78 is 99.2. The lowest BCUT2D eigenvalue weighted by molar-refractivity contribution is -0.138. The summed E-state index contributed by atoms with van der Waals surface area (Å²) in [6, 6.07) is 8.73. The number of fused-ring (bicyclic) bond motifs is 1. The number of aromatic nitrogens is 1. The zero-order valence-corrected chi connectivity index (χ0v) is 26.3. The number of hydrogen-bond donors (Lipinski definition) is 2. The van der Waals surface area contributed by atoms with Gasteiger partial charge in [-0.15, -0.1) is 0 Å². The zero-order chi connectivity index (χ0) is 36.1. The number of rotatable bonds is 11. The summed E-state index contributed by atoms with van der Waals surface area (Å²) in [6.45, 7) is 1.39. The maximum absolute atomic E-state index is 14.0. The summed E-state index contributed by atoms with van der Waals surface area (Å²) in [5.41, 5.74) is 3.24. The molecule has 2 atom stereocenters. The van der Waals surface area contributed by atoms with Crippen LogP contribution in [0.5, 0.6) is 5.75 Å². The number of methoxy groups -OCH3 is 1. The van der Waals surface area contributed by atoms with Crippen LogP contribution in [0.25, 0.3) is 0 Å². The molecule has 0 bridgehead atoms. The van der Waals surface area contributed by atoms with Gasteiger partial charge in [-0.25, -0.2) is 4.79 Å². The molecule has 1 amide bonds. The average molecular weight is 695 g/mol. The van der Waals surface area contributed by atoms with E-state index in [1.165, 1.54) is 25.4 Å². The summed E-state index contributed by atoms with van der Waals surface area (Å²) in [5.74, 6) is -2.08. The van der Waals surface area contributed by atoms with Gasteiger partial charge < -0.3 is 25.1 Å². The van der Waals surface area contributed by atoms with Gasteiger partial charge in [-0.05, 0) is 78.4 Å². The van der Waals surface area contributed by atoms with Gasteiger partial charge in [0.2, 0.25) is 0 Å². The van der Waals surface area contributed by atoms with Crippen molar-refractivity contribution in [2.75, 3.05) is 31.8 Å². The number of pyridine rings is 1. The normalized spacial score (nSPS) is 17.6. The minimum Gasteiger partial charge on any atom is -0.490 e. The highest BCUT2D eigenvalue weighted by atomic mass is 19.4. The fourth-order valence-corrected chi connectivity index (χ4v) is 5.64. The van der Waals surface area contributed by atoms with Gasteiger partial charge in [0.25, 0.3) is 0 Å².